The van der Waals surface area contributed by atoms with Crippen LogP contribution in [0, 0.1) is 0 Å². The zero-order valence-electron chi connectivity index (χ0n) is 7.66. The fourth-order valence-electron chi connectivity index (χ4n) is 1.19. The van der Waals surface area contributed by atoms with Gasteiger partial charge in [-0.15, -0.1) is 0 Å². The van der Waals surface area contributed by atoms with E-state index in [0.29, 0.717) is 6.54 Å². The summed E-state index contributed by atoms with van der Waals surface area (Å²) in [6, 6.07) is 7.84. The minimum Gasteiger partial charge on any atom is -0.399 e. The Morgan fingerprint density at radius 2 is 2.00 bits per heavy atom. The van der Waals surface area contributed by atoms with E-state index < -0.39 is 0 Å². The smallest absolute Gasteiger partial charge is 0.0555 e. The average molecular weight is 180 g/mol. The summed E-state index contributed by atoms with van der Waals surface area (Å²) in [5.74, 6) is 0. The lowest BCUT2D eigenvalue weighted by atomic mass is 10.1. The summed E-state index contributed by atoms with van der Waals surface area (Å²) in [4.78, 5) is 0. The van der Waals surface area contributed by atoms with E-state index in [2.05, 4.69) is 5.32 Å². The van der Waals surface area contributed by atoms with Gasteiger partial charge in [0, 0.05) is 12.2 Å². The van der Waals surface area contributed by atoms with Crippen molar-refractivity contribution in [3.8, 4) is 0 Å². The van der Waals surface area contributed by atoms with Gasteiger partial charge < -0.3 is 16.2 Å². The number of para-hydroxylation sites is 1. The molecule has 0 atom stereocenters. The van der Waals surface area contributed by atoms with E-state index in [9.17, 15) is 0 Å². The van der Waals surface area contributed by atoms with E-state index in [1.807, 2.05) is 24.3 Å². The lowest BCUT2D eigenvalue weighted by Crippen LogP contribution is -2.21. The largest absolute Gasteiger partial charge is 0.399 e. The van der Waals surface area contributed by atoms with Crippen LogP contribution in [0.15, 0.2) is 24.3 Å². The molecular weight excluding hydrogens is 164 g/mol. The number of aliphatic hydroxyl groups is 1. The standard InChI is InChI=1S/C10H16N2O/c11-10-4-2-1-3-9(10)5-6-12-7-8-13/h1-4,12-13H,5-8,11H2. The van der Waals surface area contributed by atoms with Crippen LogP contribution in [0.25, 0.3) is 0 Å². The molecule has 3 nitrogen and oxygen atoms in total. The molecule has 0 amide bonds. The number of aliphatic hydroxyl groups excluding tert-OH is 1. The van der Waals surface area contributed by atoms with Crippen molar-refractivity contribution in [1.82, 2.24) is 5.32 Å². The van der Waals surface area contributed by atoms with Crippen LogP contribution in [0.3, 0.4) is 0 Å². The van der Waals surface area contributed by atoms with Gasteiger partial charge in [-0.3, -0.25) is 0 Å². The third kappa shape index (κ3) is 3.44. The Morgan fingerprint density at radius 3 is 2.69 bits per heavy atom. The number of nitrogens with two attached hydrogens (primary N) is 1. The Bertz CT molecular complexity index is 250. The second-order valence-electron chi connectivity index (χ2n) is 2.92. The molecule has 0 saturated heterocycles. The second kappa shape index (κ2) is 5.56. The van der Waals surface area contributed by atoms with Crippen LogP contribution in [0.4, 0.5) is 5.69 Å². The summed E-state index contributed by atoms with van der Waals surface area (Å²) in [6.45, 7) is 1.69. The van der Waals surface area contributed by atoms with E-state index in [1.165, 1.54) is 0 Å². The van der Waals surface area contributed by atoms with E-state index in [4.69, 9.17) is 10.8 Å². The predicted molar refractivity (Wildman–Crippen MR) is 54.5 cm³/mol. The second-order valence-corrected chi connectivity index (χ2v) is 2.92. The lowest BCUT2D eigenvalue weighted by molar-refractivity contribution is 0.293. The minimum absolute atomic E-state index is 0.185. The first-order valence-corrected chi connectivity index (χ1v) is 4.49. The quantitative estimate of drug-likeness (QED) is 0.454. The van der Waals surface area contributed by atoms with Gasteiger partial charge in [0.25, 0.3) is 0 Å². The van der Waals surface area contributed by atoms with Crippen LogP contribution < -0.4 is 11.1 Å². The van der Waals surface area contributed by atoms with E-state index >= 15 is 0 Å². The van der Waals surface area contributed by atoms with Crippen LogP contribution in [0.1, 0.15) is 5.56 Å². The molecule has 0 aliphatic carbocycles. The maximum absolute atomic E-state index is 8.53. The van der Waals surface area contributed by atoms with Gasteiger partial charge in [0.1, 0.15) is 0 Å². The molecule has 3 heteroatoms. The number of anilines is 1. The molecular formula is C10H16N2O. The molecule has 0 saturated carbocycles. The van der Waals surface area contributed by atoms with E-state index in [-0.39, 0.29) is 6.61 Å². The van der Waals surface area contributed by atoms with Crippen LogP contribution in [-0.2, 0) is 6.42 Å². The van der Waals surface area contributed by atoms with Gasteiger partial charge >= 0.3 is 0 Å². The van der Waals surface area contributed by atoms with Gasteiger partial charge in [-0.1, -0.05) is 18.2 Å². The summed E-state index contributed by atoms with van der Waals surface area (Å²) < 4.78 is 0. The SMILES string of the molecule is Nc1ccccc1CCNCCO. The topological polar surface area (TPSA) is 58.3 Å². The Hall–Kier alpha value is -1.06. The molecule has 0 unspecified atom stereocenters. The Balaban J connectivity index is 2.32. The number of hydrogen-bond acceptors (Lipinski definition) is 3. The van der Waals surface area contributed by atoms with Crippen molar-refractivity contribution in [3.05, 3.63) is 29.8 Å². The number of hydrogen-bond donors (Lipinski definition) is 3. The fourth-order valence-corrected chi connectivity index (χ4v) is 1.19. The van der Waals surface area contributed by atoms with Gasteiger partial charge in [0.2, 0.25) is 0 Å². The first-order valence-electron chi connectivity index (χ1n) is 4.49. The maximum Gasteiger partial charge on any atom is 0.0555 e. The van der Waals surface area contributed by atoms with Crippen LogP contribution in [-0.4, -0.2) is 24.8 Å². The van der Waals surface area contributed by atoms with Crippen molar-refractivity contribution in [2.24, 2.45) is 0 Å². The van der Waals surface area contributed by atoms with Crippen molar-refractivity contribution < 1.29 is 5.11 Å². The van der Waals surface area contributed by atoms with Gasteiger partial charge in [-0.05, 0) is 24.6 Å². The van der Waals surface area contributed by atoms with Gasteiger partial charge in [-0.25, -0.2) is 0 Å². The zero-order valence-corrected chi connectivity index (χ0v) is 7.66. The summed E-state index contributed by atoms with van der Waals surface area (Å²) in [6.07, 6.45) is 0.909. The Morgan fingerprint density at radius 1 is 1.23 bits per heavy atom. The van der Waals surface area contributed by atoms with Crippen molar-refractivity contribution in [1.29, 1.82) is 0 Å². The molecule has 0 bridgehead atoms. The first kappa shape index (κ1) is 10.0. The predicted octanol–water partition coefficient (Wildman–Crippen LogP) is 0.393. The molecule has 1 aromatic carbocycles. The molecule has 4 N–H and O–H groups in total. The highest BCUT2D eigenvalue weighted by Gasteiger charge is 1.95. The highest BCUT2D eigenvalue weighted by molar-refractivity contribution is 5.46. The molecule has 1 aromatic rings. The number of nitrogens with one attached hydrogen (secondary N) is 1. The molecule has 0 heterocycles. The van der Waals surface area contributed by atoms with Gasteiger partial charge in [0.05, 0.1) is 6.61 Å². The zero-order chi connectivity index (χ0) is 9.52. The van der Waals surface area contributed by atoms with Crippen LogP contribution in [0.2, 0.25) is 0 Å². The average Bonchev–Trinajstić information content (AvgIpc) is 2.15. The van der Waals surface area contributed by atoms with Crippen molar-refractivity contribution in [2.45, 2.75) is 6.42 Å². The summed E-state index contributed by atoms with van der Waals surface area (Å²) >= 11 is 0. The minimum atomic E-state index is 0.185. The number of rotatable bonds is 5. The first-order chi connectivity index (χ1) is 6.34. The van der Waals surface area contributed by atoms with Crippen molar-refractivity contribution in [3.63, 3.8) is 0 Å². The van der Waals surface area contributed by atoms with E-state index in [1.54, 1.807) is 0 Å². The third-order valence-corrected chi connectivity index (χ3v) is 1.91. The summed E-state index contributed by atoms with van der Waals surface area (Å²) in [5.41, 5.74) is 7.76. The molecule has 0 aliphatic rings. The molecule has 0 aromatic heterocycles. The van der Waals surface area contributed by atoms with Crippen LogP contribution >= 0.6 is 0 Å². The maximum atomic E-state index is 8.53. The number of benzene rings is 1. The molecule has 0 spiro atoms. The highest BCUT2D eigenvalue weighted by atomic mass is 16.3. The van der Waals surface area contributed by atoms with Crippen LogP contribution in [0.5, 0.6) is 0 Å². The van der Waals surface area contributed by atoms with Gasteiger partial charge in [-0.2, -0.15) is 0 Å². The van der Waals surface area contributed by atoms with Crippen molar-refractivity contribution in [2.75, 3.05) is 25.4 Å². The molecule has 0 aliphatic heterocycles. The highest BCUT2D eigenvalue weighted by Crippen LogP contribution is 2.09. The Kier molecular flexibility index (Phi) is 4.29. The number of nitrogen functional groups attached to an aromatic ring is 1. The molecule has 72 valence electrons. The lowest BCUT2D eigenvalue weighted by Gasteiger charge is -2.05. The van der Waals surface area contributed by atoms with E-state index in [0.717, 1.165) is 24.2 Å². The summed E-state index contributed by atoms with van der Waals surface area (Å²) in [5, 5.41) is 11.6. The summed E-state index contributed by atoms with van der Waals surface area (Å²) in [7, 11) is 0. The normalized spacial score (nSPS) is 10.2. The Labute approximate surface area is 78.6 Å². The molecule has 0 fully saturated rings. The fraction of sp³-hybridized carbons (Fsp3) is 0.400. The molecule has 1 rings (SSSR count). The third-order valence-electron chi connectivity index (χ3n) is 1.91. The molecule has 13 heavy (non-hydrogen) atoms. The monoisotopic (exact) mass is 180 g/mol. The van der Waals surface area contributed by atoms with Gasteiger partial charge in [0.15, 0.2) is 0 Å². The molecule has 0 radical (unpaired) electrons. The van der Waals surface area contributed by atoms with Crippen molar-refractivity contribution >= 4 is 5.69 Å².